The van der Waals surface area contributed by atoms with Crippen LogP contribution in [0.25, 0.3) is 11.6 Å². The SMILES string of the molecule is Cc1ccc2c(c1)CCc1ccccc1/C2=C\c1cccc(NS(C)(=O)=O)c1. The normalized spacial score (nSPS) is 14.9. The Morgan fingerprint density at radius 1 is 0.857 bits per heavy atom. The fraction of sp³-hybridized carbons (Fsp3) is 0.167. The van der Waals surface area contributed by atoms with Gasteiger partial charge in [0.15, 0.2) is 0 Å². The number of anilines is 1. The average molecular weight is 390 g/mol. The van der Waals surface area contributed by atoms with Gasteiger partial charge >= 0.3 is 0 Å². The number of rotatable bonds is 3. The molecule has 0 amide bonds. The molecule has 0 aliphatic heterocycles. The summed E-state index contributed by atoms with van der Waals surface area (Å²) in [6.07, 6.45) is 5.35. The van der Waals surface area contributed by atoms with E-state index >= 15 is 0 Å². The molecule has 4 heteroatoms. The summed E-state index contributed by atoms with van der Waals surface area (Å²) in [5, 5.41) is 0. The van der Waals surface area contributed by atoms with E-state index in [9.17, 15) is 8.42 Å². The van der Waals surface area contributed by atoms with Gasteiger partial charge < -0.3 is 0 Å². The summed E-state index contributed by atoms with van der Waals surface area (Å²) in [4.78, 5) is 0. The number of aryl methyl sites for hydroxylation is 3. The van der Waals surface area contributed by atoms with Crippen molar-refractivity contribution in [2.24, 2.45) is 0 Å². The number of fused-ring (bicyclic) bond motifs is 2. The first-order valence-electron chi connectivity index (χ1n) is 9.37. The Morgan fingerprint density at radius 3 is 2.43 bits per heavy atom. The fourth-order valence-electron chi connectivity index (χ4n) is 3.84. The zero-order chi connectivity index (χ0) is 19.7. The molecule has 3 nitrogen and oxygen atoms in total. The monoisotopic (exact) mass is 389 g/mol. The van der Waals surface area contributed by atoms with Crippen LogP contribution in [0.1, 0.15) is 33.4 Å². The van der Waals surface area contributed by atoms with E-state index in [0.29, 0.717) is 5.69 Å². The lowest BCUT2D eigenvalue weighted by Gasteiger charge is -2.13. The highest BCUT2D eigenvalue weighted by atomic mass is 32.2. The van der Waals surface area contributed by atoms with E-state index in [4.69, 9.17) is 0 Å². The van der Waals surface area contributed by atoms with E-state index in [0.717, 1.165) is 24.7 Å². The molecule has 142 valence electrons. The van der Waals surface area contributed by atoms with Crippen LogP contribution in [-0.4, -0.2) is 14.7 Å². The van der Waals surface area contributed by atoms with Gasteiger partial charge in [0.2, 0.25) is 10.0 Å². The van der Waals surface area contributed by atoms with E-state index in [1.165, 1.54) is 33.4 Å². The van der Waals surface area contributed by atoms with Crippen LogP contribution in [0, 0.1) is 6.92 Å². The van der Waals surface area contributed by atoms with Crippen molar-refractivity contribution in [3.8, 4) is 0 Å². The molecule has 3 aromatic carbocycles. The van der Waals surface area contributed by atoms with E-state index in [1.807, 2.05) is 18.2 Å². The summed E-state index contributed by atoms with van der Waals surface area (Å²) in [7, 11) is -3.31. The molecule has 0 fully saturated rings. The first-order chi connectivity index (χ1) is 13.4. The van der Waals surface area contributed by atoms with Gasteiger partial charge in [-0.2, -0.15) is 0 Å². The maximum atomic E-state index is 11.6. The maximum Gasteiger partial charge on any atom is 0.229 e. The van der Waals surface area contributed by atoms with Gasteiger partial charge in [0.1, 0.15) is 0 Å². The van der Waals surface area contributed by atoms with Crippen molar-refractivity contribution in [3.63, 3.8) is 0 Å². The van der Waals surface area contributed by atoms with Crippen LogP contribution in [0.15, 0.2) is 66.7 Å². The van der Waals surface area contributed by atoms with Crippen LogP contribution >= 0.6 is 0 Å². The van der Waals surface area contributed by atoms with Crippen LogP contribution in [0.5, 0.6) is 0 Å². The van der Waals surface area contributed by atoms with Gasteiger partial charge in [-0.1, -0.05) is 60.2 Å². The predicted molar refractivity (Wildman–Crippen MR) is 117 cm³/mol. The van der Waals surface area contributed by atoms with Crippen LogP contribution in [-0.2, 0) is 22.9 Å². The first kappa shape index (κ1) is 18.5. The highest BCUT2D eigenvalue weighted by Gasteiger charge is 2.18. The first-order valence-corrected chi connectivity index (χ1v) is 11.3. The summed E-state index contributed by atoms with van der Waals surface area (Å²) in [6, 6.07) is 22.7. The summed E-state index contributed by atoms with van der Waals surface area (Å²) in [5.41, 5.74) is 9.17. The molecule has 1 aliphatic carbocycles. The lowest BCUT2D eigenvalue weighted by atomic mass is 9.91. The Bertz CT molecular complexity index is 1180. The number of benzene rings is 3. The van der Waals surface area contributed by atoms with Gasteiger partial charge in [-0.25, -0.2) is 8.42 Å². The molecule has 4 rings (SSSR count). The zero-order valence-electron chi connectivity index (χ0n) is 16.1. The van der Waals surface area contributed by atoms with Gasteiger partial charge in [0, 0.05) is 5.69 Å². The van der Waals surface area contributed by atoms with Crippen molar-refractivity contribution >= 4 is 27.4 Å². The second kappa shape index (κ2) is 7.28. The summed E-state index contributed by atoms with van der Waals surface area (Å²) >= 11 is 0. The Labute approximate surface area is 166 Å². The minimum atomic E-state index is -3.31. The molecule has 0 saturated heterocycles. The smallest absolute Gasteiger partial charge is 0.229 e. The molecule has 0 atom stereocenters. The Kier molecular flexibility index (Phi) is 4.82. The van der Waals surface area contributed by atoms with Crippen LogP contribution in [0.3, 0.4) is 0 Å². The molecule has 0 heterocycles. The van der Waals surface area contributed by atoms with Crippen molar-refractivity contribution in [2.45, 2.75) is 19.8 Å². The van der Waals surface area contributed by atoms with Crippen molar-refractivity contribution in [1.82, 2.24) is 0 Å². The van der Waals surface area contributed by atoms with Crippen molar-refractivity contribution in [2.75, 3.05) is 11.0 Å². The lowest BCUT2D eigenvalue weighted by Crippen LogP contribution is -2.09. The molecule has 0 spiro atoms. The minimum Gasteiger partial charge on any atom is -0.284 e. The number of nitrogens with one attached hydrogen (secondary N) is 1. The predicted octanol–water partition coefficient (Wildman–Crippen LogP) is 5.05. The third-order valence-corrected chi connectivity index (χ3v) is 5.63. The van der Waals surface area contributed by atoms with Gasteiger partial charge in [0.25, 0.3) is 0 Å². The average Bonchev–Trinajstić information content (AvgIpc) is 2.78. The molecule has 0 aromatic heterocycles. The third kappa shape index (κ3) is 4.02. The lowest BCUT2D eigenvalue weighted by molar-refractivity contribution is 0.607. The molecule has 1 aliphatic rings. The Balaban J connectivity index is 1.88. The summed E-state index contributed by atoms with van der Waals surface area (Å²) in [5.74, 6) is 0. The van der Waals surface area contributed by atoms with Gasteiger partial charge in [-0.3, -0.25) is 4.72 Å². The second-order valence-corrected chi connectivity index (χ2v) is 9.12. The molecule has 1 N–H and O–H groups in total. The van der Waals surface area contributed by atoms with Crippen LogP contribution < -0.4 is 4.72 Å². The minimum absolute atomic E-state index is 0.572. The number of hydrogen-bond donors (Lipinski definition) is 1. The standard InChI is InChI=1S/C24H23NO2S/c1-17-10-13-23-20(14-17)12-11-19-7-3-4-9-22(19)24(23)16-18-6-5-8-21(15-18)25-28(2,26)27/h3-10,13-16,25H,11-12H2,1-2H3/b24-16+. The summed E-state index contributed by atoms with van der Waals surface area (Å²) in [6.45, 7) is 2.13. The molecular formula is C24H23NO2S. The topological polar surface area (TPSA) is 46.2 Å². The number of sulfonamides is 1. The second-order valence-electron chi connectivity index (χ2n) is 7.38. The fourth-order valence-corrected chi connectivity index (χ4v) is 4.39. The Hall–Kier alpha value is -2.85. The van der Waals surface area contributed by atoms with E-state index < -0.39 is 10.0 Å². The largest absolute Gasteiger partial charge is 0.284 e. The van der Waals surface area contributed by atoms with Gasteiger partial charge in [-0.05, 0) is 71.4 Å². The van der Waals surface area contributed by atoms with E-state index in [-0.39, 0.29) is 0 Å². The maximum absolute atomic E-state index is 11.6. The van der Waals surface area contributed by atoms with Crippen molar-refractivity contribution < 1.29 is 8.42 Å². The molecule has 28 heavy (non-hydrogen) atoms. The molecule has 0 saturated carbocycles. The quantitative estimate of drug-likeness (QED) is 0.681. The van der Waals surface area contributed by atoms with Crippen molar-refractivity contribution in [3.05, 3.63) is 100 Å². The molecule has 0 bridgehead atoms. The third-order valence-electron chi connectivity index (χ3n) is 5.02. The molecule has 0 radical (unpaired) electrons. The van der Waals surface area contributed by atoms with Crippen LogP contribution in [0.2, 0.25) is 0 Å². The van der Waals surface area contributed by atoms with E-state index in [2.05, 4.69) is 60.2 Å². The highest BCUT2D eigenvalue weighted by Crippen LogP contribution is 2.35. The molecule has 0 unspecified atom stereocenters. The van der Waals surface area contributed by atoms with E-state index in [1.54, 1.807) is 6.07 Å². The van der Waals surface area contributed by atoms with Crippen LogP contribution in [0.4, 0.5) is 5.69 Å². The molecule has 3 aromatic rings. The zero-order valence-corrected chi connectivity index (χ0v) is 16.9. The molecular weight excluding hydrogens is 366 g/mol. The number of hydrogen-bond acceptors (Lipinski definition) is 2. The van der Waals surface area contributed by atoms with Gasteiger partial charge in [0.05, 0.1) is 6.26 Å². The highest BCUT2D eigenvalue weighted by molar-refractivity contribution is 7.92. The van der Waals surface area contributed by atoms with Gasteiger partial charge in [-0.15, -0.1) is 0 Å². The summed E-state index contributed by atoms with van der Waals surface area (Å²) < 4.78 is 25.7. The Morgan fingerprint density at radius 2 is 1.61 bits per heavy atom. The van der Waals surface area contributed by atoms with Crippen molar-refractivity contribution in [1.29, 1.82) is 0 Å².